The summed E-state index contributed by atoms with van der Waals surface area (Å²) in [7, 11) is 0. The molecule has 4 fully saturated rings. The van der Waals surface area contributed by atoms with Crippen molar-refractivity contribution in [3.63, 3.8) is 0 Å². The van der Waals surface area contributed by atoms with Crippen molar-refractivity contribution in [2.45, 2.75) is 117 Å². The first-order valence-electron chi connectivity index (χ1n) is 16.0. The number of ether oxygens (including phenoxy) is 5. The molecule has 6 atom stereocenters. The van der Waals surface area contributed by atoms with Crippen molar-refractivity contribution in [2.75, 3.05) is 0 Å². The number of fused-ring (bicyclic) bond motifs is 7. The second-order valence-corrected chi connectivity index (χ2v) is 16.7. The highest BCUT2D eigenvalue weighted by atomic mass is 79.9. The fraction of sp³-hybridized carbons (Fsp3) is 0.629. The molecule has 2 saturated carbocycles. The third kappa shape index (κ3) is 3.55. The van der Waals surface area contributed by atoms with Gasteiger partial charge in [0.05, 0.1) is 21.8 Å². The SMILES string of the molecule is Cc1oc2c3c(ccc2c(=O)c1Br)OC(C)(C)[C@H](OC(=O)C12CC[C@](C)(C(=O)O1)C2(C)C)[C@@H]3OC(=O)C12CC[C@@](C)(C(=O)O1)C2(C)C. The maximum atomic E-state index is 14.5. The molecule has 11 nitrogen and oxygen atoms in total. The topological polar surface area (TPSA) is 145 Å². The highest BCUT2D eigenvalue weighted by Crippen LogP contribution is 2.67. The number of hydrogen-bond acceptors (Lipinski definition) is 11. The molecule has 47 heavy (non-hydrogen) atoms. The molecule has 252 valence electrons. The Kier molecular flexibility index (Phi) is 6.28. The van der Waals surface area contributed by atoms with Gasteiger partial charge in [0.15, 0.2) is 12.2 Å². The lowest BCUT2D eigenvalue weighted by atomic mass is 9.66. The molecule has 5 aliphatic rings. The minimum Gasteiger partial charge on any atom is -0.483 e. The van der Waals surface area contributed by atoms with E-state index >= 15 is 0 Å². The Morgan fingerprint density at radius 3 is 1.74 bits per heavy atom. The zero-order valence-electron chi connectivity index (χ0n) is 28.0. The van der Waals surface area contributed by atoms with Gasteiger partial charge in [-0.3, -0.25) is 14.4 Å². The highest BCUT2D eigenvalue weighted by Gasteiger charge is 2.78. The van der Waals surface area contributed by atoms with Crippen LogP contribution in [0.3, 0.4) is 0 Å². The van der Waals surface area contributed by atoms with E-state index in [-0.39, 0.29) is 50.8 Å². The molecule has 2 saturated heterocycles. The van der Waals surface area contributed by atoms with E-state index in [1.165, 1.54) is 0 Å². The van der Waals surface area contributed by atoms with Crippen molar-refractivity contribution in [1.29, 1.82) is 0 Å². The third-order valence-corrected chi connectivity index (χ3v) is 14.0. The van der Waals surface area contributed by atoms with Crippen molar-refractivity contribution in [1.82, 2.24) is 0 Å². The van der Waals surface area contributed by atoms with E-state index in [0.717, 1.165) is 0 Å². The van der Waals surface area contributed by atoms with Gasteiger partial charge in [-0.1, -0.05) is 27.7 Å². The van der Waals surface area contributed by atoms with Crippen LogP contribution in [0.5, 0.6) is 5.75 Å². The summed E-state index contributed by atoms with van der Waals surface area (Å²) in [6, 6.07) is 3.15. The van der Waals surface area contributed by atoms with Crippen LogP contribution in [0.25, 0.3) is 11.0 Å². The average Bonchev–Trinajstić information content (AvgIpc) is 3.45. The maximum Gasteiger partial charge on any atom is 0.351 e. The van der Waals surface area contributed by atoms with E-state index in [0.29, 0.717) is 12.8 Å². The van der Waals surface area contributed by atoms with E-state index in [4.69, 9.17) is 28.1 Å². The maximum absolute atomic E-state index is 14.5. The first-order chi connectivity index (χ1) is 21.6. The number of carbonyl (C=O) groups is 4. The summed E-state index contributed by atoms with van der Waals surface area (Å²) in [5, 5.41) is 0.186. The van der Waals surface area contributed by atoms with Crippen LogP contribution in [0.4, 0.5) is 0 Å². The van der Waals surface area contributed by atoms with Crippen LogP contribution in [0.1, 0.15) is 98.5 Å². The molecule has 2 unspecified atom stereocenters. The Hall–Kier alpha value is -3.41. The monoisotopic (exact) mass is 714 g/mol. The largest absolute Gasteiger partial charge is 0.483 e. The number of carbonyl (C=O) groups excluding carboxylic acids is 4. The number of esters is 4. The van der Waals surface area contributed by atoms with Crippen LogP contribution in [-0.4, -0.2) is 46.8 Å². The molecule has 0 radical (unpaired) electrons. The molecule has 0 amide bonds. The summed E-state index contributed by atoms with van der Waals surface area (Å²) in [5.41, 5.74) is -8.17. The summed E-state index contributed by atoms with van der Waals surface area (Å²) >= 11 is 3.30. The van der Waals surface area contributed by atoms with E-state index < -0.39 is 74.5 Å². The van der Waals surface area contributed by atoms with Crippen molar-refractivity contribution in [2.24, 2.45) is 21.7 Å². The molecule has 1 aromatic carbocycles. The molecule has 4 bridgehead atoms. The van der Waals surface area contributed by atoms with Crippen LogP contribution in [0.2, 0.25) is 0 Å². The Morgan fingerprint density at radius 2 is 1.28 bits per heavy atom. The summed E-state index contributed by atoms with van der Waals surface area (Å²) in [6.07, 6.45) is -1.33. The summed E-state index contributed by atoms with van der Waals surface area (Å²) < 4.78 is 37.2. The zero-order chi connectivity index (χ0) is 34.5. The Labute approximate surface area is 280 Å². The molecule has 3 aliphatic heterocycles. The Bertz CT molecular complexity index is 1890. The lowest BCUT2D eigenvalue weighted by molar-refractivity contribution is -0.217. The number of benzene rings is 1. The number of halogens is 1. The van der Waals surface area contributed by atoms with Crippen LogP contribution in [0, 0.1) is 28.6 Å². The van der Waals surface area contributed by atoms with Crippen molar-refractivity contribution in [3.8, 4) is 5.75 Å². The third-order valence-electron chi connectivity index (χ3n) is 13.1. The predicted octanol–water partition coefficient (Wildman–Crippen LogP) is 5.77. The molecule has 12 heteroatoms. The first-order valence-corrected chi connectivity index (χ1v) is 16.8. The molecule has 2 aliphatic carbocycles. The molecule has 7 rings (SSSR count). The van der Waals surface area contributed by atoms with Gasteiger partial charge in [-0.2, -0.15) is 0 Å². The Balaban J connectivity index is 1.38. The van der Waals surface area contributed by atoms with Gasteiger partial charge < -0.3 is 28.1 Å². The molecule has 0 N–H and O–H groups in total. The quantitative estimate of drug-likeness (QED) is 0.281. The van der Waals surface area contributed by atoms with Gasteiger partial charge in [0, 0.05) is 10.8 Å². The highest BCUT2D eigenvalue weighted by molar-refractivity contribution is 9.10. The van der Waals surface area contributed by atoms with Gasteiger partial charge in [-0.05, 0) is 88.4 Å². The second-order valence-electron chi connectivity index (χ2n) is 15.9. The minimum absolute atomic E-state index is 0.0956. The van der Waals surface area contributed by atoms with Crippen molar-refractivity contribution < 1.29 is 47.3 Å². The summed E-state index contributed by atoms with van der Waals surface area (Å²) in [5.74, 6) is -2.01. The molecule has 4 heterocycles. The van der Waals surface area contributed by atoms with Crippen LogP contribution < -0.4 is 10.2 Å². The number of rotatable bonds is 4. The van der Waals surface area contributed by atoms with Gasteiger partial charge in [0.25, 0.3) is 0 Å². The van der Waals surface area contributed by atoms with E-state index in [1.807, 2.05) is 27.7 Å². The van der Waals surface area contributed by atoms with Crippen LogP contribution >= 0.6 is 15.9 Å². The van der Waals surface area contributed by atoms with Crippen molar-refractivity contribution in [3.05, 3.63) is 38.2 Å². The van der Waals surface area contributed by atoms with E-state index in [9.17, 15) is 24.0 Å². The standard InChI is InChI=1S/C35H39BrO11/c1-16-20(36)21(37)17-10-11-18-19(22(17)42-16)23(43-27(40)34-14-12-32(8,25(38)46-34)30(34,4)5)24(29(2,3)45-18)44-28(41)35-15-13-33(9,26(39)47-35)31(35,6)7/h10-11,23-24H,12-15H2,1-9H3/t23-,24-,32+,33-,34?,35?/m1/s1. The molecular formula is C35H39BrO11. The smallest absolute Gasteiger partial charge is 0.351 e. The fourth-order valence-corrected chi connectivity index (χ4v) is 9.01. The van der Waals surface area contributed by atoms with Crippen LogP contribution in [0.15, 0.2) is 25.8 Å². The summed E-state index contributed by atoms with van der Waals surface area (Å²) in [6.45, 7) is 15.8. The lowest BCUT2D eigenvalue weighted by Crippen LogP contribution is -2.57. The number of hydrogen-bond donors (Lipinski definition) is 0. The normalized spacial score (nSPS) is 36.8. The Morgan fingerprint density at radius 1 is 0.766 bits per heavy atom. The zero-order valence-corrected chi connectivity index (χ0v) is 29.6. The van der Waals surface area contributed by atoms with Gasteiger partial charge in [0.2, 0.25) is 16.6 Å². The number of aryl methyl sites for hydroxylation is 1. The molecular weight excluding hydrogens is 676 g/mol. The van der Waals surface area contributed by atoms with Gasteiger partial charge in [-0.15, -0.1) is 0 Å². The predicted molar refractivity (Wildman–Crippen MR) is 168 cm³/mol. The van der Waals surface area contributed by atoms with Gasteiger partial charge in [-0.25, -0.2) is 9.59 Å². The average molecular weight is 716 g/mol. The first kappa shape index (κ1) is 32.2. The lowest BCUT2D eigenvalue weighted by Gasteiger charge is -2.45. The minimum atomic E-state index is -1.60. The van der Waals surface area contributed by atoms with Crippen LogP contribution in [-0.2, 0) is 38.1 Å². The van der Waals surface area contributed by atoms with E-state index in [1.54, 1.807) is 46.8 Å². The molecule has 1 aromatic heterocycles. The second kappa shape index (κ2) is 9.18. The van der Waals surface area contributed by atoms with Crippen molar-refractivity contribution >= 4 is 50.8 Å². The summed E-state index contributed by atoms with van der Waals surface area (Å²) in [4.78, 5) is 68.3. The van der Waals surface area contributed by atoms with Gasteiger partial charge in [0.1, 0.15) is 27.2 Å². The van der Waals surface area contributed by atoms with Gasteiger partial charge >= 0.3 is 23.9 Å². The fourth-order valence-electron chi connectivity index (χ4n) is 8.71. The van der Waals surface area contributed by atoms with E-state index in [2.05, 4.69) is 15.9 Å². The molecule has 0 spiro atoms. The molecule has 2 aromatic rings.